The standard InChI is InChI=1S/C9H13F3N2O/c10-9(11,12)8(13)3-1-7(2-4-8)14-5-6-15/h1-3,14-15H,4-6,13H2. The number of nitrogens with one attached hydrogen (secondary N) is 1. The van der Waals surface area contributed by atoms with Crippen LogP contribution in [0.15, 0.2) is 23.9 Å². The Morgan fingerprint density at radius 2 is 2.20 bits per heavy atom. The second-order valence-electron chi connectivity index (χ2n) is 3.39. The van der Waals surface area contributed by atoms with E-state index in [1.54, 1.807) is 0 Å². The average molecular weight is 222 g/mol. The fourth-order valence-corrected chi connectivity index (χ4v) is 1.19. The first kappa shape index (κ1) is 12.1. The highest BCUT2D eigenvalue weighted by Gasteiger charge is 2.50. The van der Waals surface area contributed by atoms with Gasteiger partial charge in [-0.3, -0.25) is 0 Å². The van der Waals surface area contributed by atoms with E-state index in [-0.39, 0.29) is 13.0 Å². The summed E-state index contributed by atoms with van der Waals surface area (Å²) in [6.45, 7) is 0.234. The minimum absolute atomic E-state index is 0.0712. The maximum Gasteiger partial charge on any atom is 0.410 e. The zero-order valence-corrected chi connectivity index (χ0v) is 8.01. The minimum atomic E-state index is -4.44. The molecule has 1 aliphatic carbocycles. The summed E-state index contributed by atoms with van der Waals surface area (Å²) in [6.07, 6.45) is -1.13. The number of rotatable bonds is 3. The van der Waals surface area contributed by atoms with Crippen molar-refractivity contribution in [2.24, 2.45) is 5.73 Å². The van der Waals surface area contributed by atoms with E-state index in [4.69, 9.17) is 10.8 Å². The highest BCUT2D eigenvalue weighted by Crippen LogP contribution is 2.34. The van der Waals surface area contributed by atoms with Gasteiger partial charge in [-0.25, -0.2) is 0 Å². The van der Waals surface area contributed by atoms with Gasteiger partial charge in [0.2, 0.25) is 0 Å². The van der Waals surface area contributed by atoms with E-state index in [0.717, 1.165) is 6.08 Å². The molecule has 0 saturated heterocycles. The van der Waals surface area contributed by atoms with E-state index in [2.05, 4.69) is 5.32 Å². The van der Waals surface area contributed by atoms with Crippen molar-refractivity contribution in [1.82, 2.24) is 5.32 Å². The van der Waals surface area contributed by atoms with Crippen LogP contribution in [-0.4, -0.2) is 30.0 Å². The van der Waals surface area contributed by atoms with Crippen LogP contribution < -0.4 is 11.1 Å². The maximum absolute atomic E-state index is 12.4. The van der Waals surface area contributed by atoms with Crippen molar-refractivity contribution in [3.63, 3.8) is 0 Å². The summed E-state index contributed by atoms with van der Waals surface area (Å²) in [7, 11) is 0. The molecule has 0 aromatic carbocycles. The largest absolute Gasteiger partial charge is 0.410 e. The Balaban J connectivity index is 2.63. The Morgan fingerprint density at radius 3 is 2.60 bits per heavy atom. The zero-order valence-electron chi connectivity index (χ0n) is 8.01. The molecule has 6 heteroatoms. The number of allylic oxidation sites excluding steroid dienone is 1. The summed E-state index contributed by atoms with van der Waals surface area (Å²) in [5, 5.41) is 11.3. The quantitative estimate of drug-likeness (QED) is 0.658. The number of hydrogen-bond acceptors (Lipinski definition) is 3. The van der Waals surface area contributed by atoms with Crippen molar-refractivity contribution >= 4 is 0 Å². The number of alkyl halides is 3. The molecule has 0 aromatic rings. The monoisotopic (exact) mass is 222 g/mol. The van der Waals surface area contributed by atoms with Crippen molar-refractivity contribution < 1.29 is 18.3 Å². The molecule has 0 spiro atoms. The highest BCUT2D eigenvalue weighted by atomic mass is 19.4. The summed E-state index contributed by atoms with van der Waals surface area (Å²) in [6, 6.07) is 0. The van der Waals surface area contributed by atoms with E-state index in [0.29, 0.717) is 12.2 Å². The van der Waals surface area contributed by atoms with E-state index < -0.39 is 11.7 Å². The third kappa shape index (κ3) is 2.73. The van der Waals surface area contributed by atoms with Gasteiger partial charge in [0.1, 0.15) is 5.54 Å². The van der Waals surface area contributed by atoms with Crippen molar-refractivity contribution in [3.8, 4) is 0 Å². The zero-order chi connectivity index (χ0) is 11.5. The summed E-state index contributed by atoms with van der Waals surface area (Å²) in [5.74, 6) is 0. The fourth-order valence-electron chi connectivity index (χ4n) is 1.19. The van der Waals surface area contributed by atoms with Gasteiger partial charge in [-0.2, -0.15) is 13.2 Å². The fraction of sp³-hybridized carbons (Fsp3) is 0.556. The van der Waals surface area contributed by atoms with Gasteiger partial charge in [0.05, 0.1) is 6.61 Å². The van der Waals surface area contributed by atoms with Gasteiger partial charge < -0.3 is 16.2 Å². The molecule has 0 aliphatic heterocycles. The topological polar surface area (TPSA) is 58.3 Å². The highest BCUT2D eigenvalue weighted by molar-refractivity contribution is 5.29. The maximum atomic E-state index is 12.4. The number of nitrogens with two attached hydrogens (primary N) is 1. The van der Waals surface area contributed by atoms with Crippen LogP contribution in [-0.2, 0) is 0 Å². The molecule has 86 valence electrons. The normalized spacial score (nSPS) is 26.3. The van der Waals surface area contributed by atoms with Crippen molar-refractivity contribution in [2.45, 2.75) is 18.1 Å². The Bertz CT molecular complexity index is 286. The number of hydrogen-bond donors (Lipinski definition) is 3. The van der Waals surface area contributed by atoms with Crippen LogP contribution in [0.5, 0.6) is 0 Å². The Hall–Kier alpha value is -1.01. The molecule has 4 N–H and O–H groups in total. The summed E-state index contributed by atoms with van der Waals surface area (Å²) in [4.78, 5) is 0. The lowest BCUT2D eigenvalue weighted by atomic mass is 9.91. The number of aliphatic hydroxyl groups is 1. The summed E-state index contributed by atoms with van der Waals surface area (Å²) >= 11 is 0. The third-order valence-corrected chi connectivity index (χ3v) is 2.19. The van der Waals surface area contributed by atoms with Crippen LogP contribution in [0.2, 0.25) is 0 Å². The average Bonchev–Trinajstić information content (AvgIpc) is 2.15. The Morgan fingerprint density at radius 1 is 1.53 bits per heavy atom. The van der Waals surface area contributed by atoms with E-state index >= 15 is 0 Å². The molecule has 0 radical (unpaired) electrons. The first-order valence-corrected chi connectivity index (χ1v) is 4.49. The molecule has 0 amide bonds. The number of halogens is 3. The molecule has 1 unspecified atom stereocenters. The number of aliphatic hydroxyl groups excluding tert-OH is 1. The summed E-state index contributed by atoms with van der Waals surface area (Å²) < 4.78 is 37.3. The van der Waals surface area contributed by atoms with E-state index in [9.17, 15) is 13.2 Å². The van der Waals surface area contributed by atoms with Crippen molar-refractivity contribution in [2.75, 3.05) is 13.2 Å². The van der Waals surface area contributed by atoms with E-state index in [1.165, 1.54) is 12.2 Å². The Labute approximate surface area is 85.5 Å². The van der Waals surface area contributed by atoms with Crippen LogP contribution in [0.25, 0.3) is 0 Å². The van der Waals surface area contributed by atoms with Crippen LogP contribution in [0.3, 0.4) is 0 Å². The predicted octanol–water partition coefficient (Wildman–Crippen LogP) is 0.672. The Kier molecular flexibility index (Phi) is 3.41. The van der Waals surface area contributed by atoms with Gasteiger partial charge in [0.25, 0.3) is 0 Å². The molecule has 1 aliphatic rings. The molecule has 1 atom stereocenters. The lowest BCUT2D eigenvalue weighted by molar-refractivity contribution is -0.170. The molecule has 0 aromatic heterocycles. The first-order chi connectivity index (χ1) is 6.89. The lowest BCUT2D eigenvalue weighted by Crippen LogP contribution is -2.52. The molecular formula is C9H13F3N2O. The first-order valence-electron chi connectivity index (χ1n) is 4.49. The van der Waals surface area contributed by atoms with Gasteiger partial charge in [0.15, 0.2) is 0 Å². The van der Waals surface area contributed by atoms with Gasteiger partial charge in [-0.05, 0) is 12.5 Å². The third-order valence-electron chi connectivity index (χ3n) is 2.19. The second kappa shape index (κ2) is 4.24. The SMILES string of the molecule is NC1(C(F)(F)F)C=CC(NCCO)=CC1. The van der Waals surface area contributed by atoms with Gasteiger partial charge in [-0.1, -0.05) is 12.2 Å². The lowest BCUT2D eigenvalue weighted by Gasteiger charge is -2.30. The molecular weight excluding hydrogens is 209 g/mol. The van der Waals surface area contributed by atoms with Crippen LogP contribution in [0.4, 0.5) is 13.2 Å². The van der Waals surface area contributed by atoms with Crippen molar-refractivity contribution in [3.05, 3.63) is 23.9 Å². The molecule has 0 saturated carbocycles. The smallest absolute Gasteiger partial charge is 0.395 e. The predicted molar refractivity (Wildman–Crippen MR) is 49.9 cm³/mol. The molecule has 0 fully saturated rings. The van der Waals surface area contributed by atoms with Crippen LogP contribution in [0.1, 0.15) is 6.42 Å². The minimum Gasteiger partial charge on any atom is -0.395 e. The molecule has 3 nitrogen and oxygen atoms in total. The van der Waals surface area contributed by atoms with Crippen LogP contribution in [0, 0.1) is 0 Å². The van der Waals surface area contributed by atoms with Gasteiger partial charge >= 0.3 is 6.18 Å². The molecule has 0 heterocycles. The van der Waals surface area contributed by atoms with Crippen LogP contribution >= 0.6 is 0 Å². The van der Waals surface area contributed by atoms with Gasteiger partial charge in [0, 0.05) is 12.2 Å². The molecule has 0 bridgehead atoms. The van der Waals surface area contributed by atoms with Crippen molar-refractivity contribution in [1.29, 1.82) is 0 Å². The second-order valence-corrected chi connectivity index (χ2v) is 3.39. The van der Waals surface area contributed by atoms with Gasteiger partial charge in [-0.15, -0.1) is 0 Å². The summed E-state index contributed by atoms with van der Waals surface area (Å²) in [5.41, 5.74) is 3.48. The molecule has 1 rings (SSSR count). The molecule has 15 heavy (non-hydrogen) atoms. The van der Waals surface area contributed by atoms with E-state index in [1.807, 2.05) is 0 Å².